The quantitative estimate of drug-likeness (QED) is 0.854. The summed E-state index contributed by atoms with van der Waals surface area (Å²) in [5, 5.41) is 11.0. The summed E-state index contributed by atoms with van der Waals surface area (Å²) in [4.78, 5) is 0. The van der Waals surface area contributed by atoms with Crippen LogP contribution in [0.5, 0.6) is 5.75 Å². The lowest BCUT2D eigenvalue weighted by atomic mass is 10.0. The number of aliphatic hydroxyl groups is 1. The van der Waals surface area contributed by atoms with E-state index >= 15 is 0 Å². The molecule has 20 heavy (non-hydrogen) atoms. The molecule has 0 saturated heterocycles. The maximum atomic E-state index is 10.3. The number of benzene rings is 2. The molecule has 2 aromatic rings. The van der Waals surface area contributed by atoms with Gasteiger partial charge in [-0.05, 0) is 41.8 Å². The Bertz CT molecular complexity index is 554. The predicted molar refractivity (Wildman–Crippen MR) is 82.3 cm³/mol. The van der Waals surface area contributed by atoms with Gasteiger partial charge in [-0.15, -0.1) is 0 Å². The molecule has 0 amide bonds. The monoisotopic (exact) mass is 290 g/mol. The number of ether oxygens (including phenoxy) is 1. The van der Waals surface area contributed by atoms with Crippen LogP contribution in [0.4, 0.5) is 0 Å². The molecule has 0 aromatic heterocycles. The molecule has 2 nitrogen and oxygen atoms in total. The van der Waals surface area contributed by atoms with Crippen molar-refractivity contribution in [3.05, 3.63) is 64.7 Å². The lowest BCUT2D eigenvalue weighted by molar-refractivity contribution is 0.178. The summed E-state index contributed by atoms with van der Waals surface area (Å²) in [5.74, 6) is 0.800. The summed E-state index contributed by atoms with van der Waals surface area (Å²) in [6.45, 7) is 2.76. The molecule has 0 heterocycles. The molecule has 106 valence electrons. The van der Waals surface area contributed by atoms with Crippen molar-refractivity contribution in [3.8, 4) is 5.75 Å². The SMILES string of the molecule is CCCOc1cccc(C(O)Cc2cccc(Cl)c2)c1. The second-order valence-electron chi connectivity index (χ2n) is 4.77. The maximum absolute atomic E-state index is 10.3. The summed E-state index contributed by atoms with van der Waals surface area (Å²) >= 11 is 5.96. The largest absolute Gasteiger partial charge is 0.494 e. The van der Waals surface area contributed by atoms with Crippen molar-refractivity contribution in [1.82, 2.24) is 0 Å². The maximum Gasteiger partial charge on any atom is 0.119 e. The van der Waals surface area contributed by atoms with Crippen LogP contribution in [0.3, 0.4) is 0 Å². The molecular weight excluding hydrogens is 272 g/mol. The molecule has 0 fully saturated rings. The summed E-state index contributed by atoms with van der Waals surface area (Å²) in [7, 11) is 0. The molecule has 0 spiro atoms. The molecule has 0 aliphatic rings. The fourth-order valence-corrected chi connectivity index (χ4v) is 2.25. The Morgan fingerprint density at radius 2 is 1.95 bits per heavy atom. The number of halogens is 1. The van der Waals surface area contributed by atoms with Gasteiger partial charge >= 0.3 is 0 Å². The molecule has 1 unspecified atom stereocenters. The van der Waals surface area contributed by atoms with Gasteiger partial charge in [-0.25, -0.2) is 0 Å². The molecule has 0 aliphatic heterocycles. The first kappa shape index (κ1) is 14.9. The van der Waals surface area contributed by atoms with Gasteiger partial charge < -0.3 is 9.84 Å². The van der Waals surface area contributed by atoms with Crippen molar-refractivity contribution < 1.29 is 9.84 Å². The van der Waals surface area contributed by atoms with Gasteiger partial charge in [0.25, 0.3) is 0 Å². The van der Waals surface area contributed by atoms with E-state index < -0.39 is 6.10 Å². The average Bonchev–Trinajstić information content (AvgIpc) is 2.45. The average molecular weight is 291 g/mol. The third-order valence-electron chi connectivity index (χ3n) is 3.03. The van der Waals surface area contributed by atoms with Gasteiger partial charge in [-0.2, -0.15) is 0 Å². The Kier molecular flexibility index (Phi) is 5.45. The predicted octanol–water partition coefficient (Wildman–Crippen LogP) is 4.40. The molecule has 0 aliphatic carbocycles. The number of hydrogen-bond donors (Lipinski definition) is 1. The zero-order valence-corrected chi connectivity index (χ0v) is 12.3. The number of aliphatic hydroxyl groups excluding tert-OH is 1. The zero-order valence-electron chi connectivity index (χ0n) is 11.6. The summed E-state index contributed by atoms with van der Waals surface area (Å²) < 4.78 is 5.58. The molecular formula is C17H19ClO2. The Balaban J connectivity index is 2.06. The van der Waals surface area contributed by atoms with Crippen LogP contribution in [0.15, 0.2) is 48.5 Å². The van der Waals surface area contributed by atoms with E-state index in [1.165, 1.54) is 0 Å². The van der Waals surface area contributed by atoms with Crippen molar-refractivity contribution in [3.63, 3.8) is 0 Å². The Labute approximate surface area is 125 Å². The van der Waals surface area contributed by atoms with Crippen molar-refractivity contribution in [1.29, 1.82) is 0 Å². The minimum atomic E-state index is -0.557. The second kappa shape index (κ2) is 7.32. The fraction of sp³-hybridized carbons (Fsp3) is 0.294. The van der Waals surface area contributed by atoms with Crippen LogP contribution in [0.1, 0.15) is 30.6 Å². The van der Waals surface area contributed by atoms with Crippen LogP contribution in [0.25, 0.3) is 0 Å². The Morgan fingerprint density at radius 3 is 2.70 bits per heavy atom. The second-order valence-corrected chi connectivity index (χ2v) is 5.21. The van der Waals surface area contributed by atoms with Crippen molar-refractivity contribution in [2.45, 2.75) is 25.9 Å². The first-order valence-corrected chi connectivity index (χ1v) is 7.22. The van der Waals surface area contributed by atoms with Gasteiger partial charge in [0.2, 0.25) is 0 Å². The highest BCUT2D eigenvalue weighted by atomic mass is 35.5. The van der Waals surface area contributed by atoms with Gasteiger partial charge in [0.05, 0.1) is 12.7 Å². The highest BCUT2D eigenvalue weighted by Gasteiger charge is 2.10. The Morgan fingerprint density at radius 1 is 1.15 bits per heavy atom. The molecule has 0 bridgehead atoms. The third kappa shape index (κ3) is 4.26. The van der Waals surface area contributed by atoms with Crippen LogP contribution in [0, 0.1) is 0 Å². The van der Waals surface area contributed by atoms with Crippen LogP contribution in [0.2, 0.25) is 5.02 Å². The van der Waals surface area contributed by atoms with E-state index in [0.29, 0.717) is 18.1 Å². The normalized spacial score (nSPS) is 12.2. The molecule has 3 heteroatoms. The lowest BCUT2D eigenvalue weighted by Gasteiger charge is -2.13. The molecule has 0 radical (unpaired) electrons. The highest BCUT2D eigenvalue weighted by molar-refractivity contribution is 6.30. The van der Waals surface area contributed by atoms with Gasteiger partial charge in [0.15, 0.2) is 0 Å². The minimum Gasteiger partial charge on any atom is -0.494 e. The fourth-order valence-electron chi connectivity index (χ4n) is 2.04. The topological polar surface area (TPSA) is 29.5 Å². The third-order valence-corrected chi connectivity index (χ3v) is 3.27. The summed E-state index contributed by atoms with van der Waals surface area (Å²) in [5.41, 5.74) is 1.88. The van der Waals surface area contributed by atoms with Gasteiger partial charge in [0.1, 0.15) is 5.75 Å². The van der Waals surface area contributed by atoms with Crippen molar-refractivity contribution in [2.24, 2.45) is 0 Å². The standard InChI is InChI=1S/C17H19ClO2/c1-2-9-20-16-8-4-6-14(12-16)17(19)11-13-5-3-7-15(18)10-13/h3-8,10,12,17,19H,2,9,11H2,1H3. The molecule has 1 N–H and O–H groups in total. The van der Waals surface area contributed by atoms with Crippen molar-refractivity contribution >= 4 is 11.6 Å². The van der Waals surface area contributed by atoms with E-state index in [9.17, 15) is 5.11 Å². The van der Waals surface area contributed by atoms with Crippen LogP contribution >= 0.6 is 11.6 Å². The van der Waals surface area contributed by atoms with E-state index in [2.05, 4.69) is 6.92 Å². The first-order valence-electron chi connectivity index (χ1n) is 6.84. The van der Waals surface area contributed by atoms with Crippen molar-refractivity contribution in [2.75, 3.05) is 6.61 Å². The van der Waals surface area contributed by atoms with E-state index in [1.807, 2.05) is 48.5 Å². The van der Waals surface area contributed by atoms with E-state index in [0.717, 1.165) is 23.3 Å². The van der Waals surface area contributed by atoms with Crippen LogP contribution in [-0.2, 0) is 6.42 Å². The molecule has 2 rings (SSSR count). The molecule has 2 aromatic carbocycles. The smallest absolute Gasteiger partial charge is 0.119 e. The van der Waals surface area contributed by atoms with E-state index in [1.54, 1.807) is 0 Å². The number of hydrogen-bond acceptors (Lipinski definition) is 2. The lowest BCUT2D eigenvalue weighted by Crippen LogP contribution is -2.03. The zero-order chi connectivity index (χ0) is 14.4. The molecule has 0 saturated carbocycles. The highest BCUT2D eigenvalue weighted by Crippen LogP contribution is 2.23. The van der Waals surface area contributed by atoms with Crippen LogP contribution < -0.4 is 4.74 Å². The number of rotatable bonds is 6. The minimum absolute atomic E-state index is 0.539. The van der Waals surface area contributed by atoms with Gasteiger partial charge in [-0.1, -0.05) is 42.8 Å². The van der Waals surface area contributed by atoms with E-state index in [-0.39, 0.29) is 0 Å². The van der Waals surface area contributed by atoms with Gasteiger partial charge in [0, 0.05) is 11.4 Å². The van der Waals surface area contributed by atoms with Crippen LogP contribution in [-0.4, -0.2) is 11.7 Å². The summed E-state index contributed by atoms with van der Waals surface area (Å²) in [6, 6.07) is 15.2. The first-order chi connectivity index (χ1) is 9.69. The van der Waals surface area contributed by atoms with Gasteiger partial charge in [-0.3, -0.25) is 0 Å². The summed E-state index contributed by atoms with van der Waals surface area (Å²) in [6.07, 6.45) is 0.950. The molecule has 1 atom stereocenters. The van der Waals surface area contributed by atoms with E-state index in [4.69, 9.17) is 16.3 Å². The Hall–Kier alpha value is -1.51.